The van der Waals surface area contributed by atoms with E-state index in [2.05, 4.69) is 15.2 Å². The van der Waals surface area contributed by atoms with Crippen LogP contribution in [0.5, 0.6) is 0 Å². The maximum Gasteiger partial charge on any atom is 0.254 e. The second-order valence-electron chi connectivity index (χ2n) is 4.96. The van der Waals surface area contributed by atoms with E-state index < -0.39 is 0 Å². The number of nitrogens with one attached hydrogen (secondary N) is 1. The number of pyridine rings is 1. The molecule has 1 fully saturated rings. The molecule has 0 radical (unpaired) electrons. The first kappa shape index (κ1) is 14.3. The van der Waals surface area contributed by atoms with Gasteiger partial charge in [0, 0.05) is 18.4 Å². The summed E-state index contributed by atoms with van der Waals surface area (Å²) in [5.74, 6) is -0.140. The van der Waals surface area contributed by atoms with Crippen LogP contribution in [0.2, 0.25) is 5.02 Å². The minimum Gasteiger partial charge on any atom is -0.352 e. The topological polar surface area (TPSA) is 45.2 Å². The highest BCUT2D eigenvalue weighted by Gasteiger charge is 2.12. The summed E-state index contributed by atoms with van der Waals surface area (Å²) in [4.78, 5) is 18.5. The Morgan fingerprint density at radius 2 is 2.21 bits per heavy atom. The second-order valence-corrected chi connectivity index (χ2v) is 5.37. The molecule has 1 amide bonds. The van der Waals surface area contributed by atoms with Gasteiger partial charge in [-0.25, -0.2) is 0 Å². The maximum absolute atomic E-state index is 11.9. The zero-order valence-corrected chi connectivity index (χ0v) is 12.0. The zero-order valence-electron chi connectivity index (χ0n) is 11.3. The summed E-state index contributed by atoms with van der Waals surface area (Å²) >= 11 is 6.03. The van der Waals surface area contributed by atoms with Gasteiger partial charge >= 0.3 is 0 Å². The van der Waals surface area contributed by atoms with Crippen molar-refractivity contribution in [2.75, 3.05) is 26.2 Å². The Labute approximate surface area is 119 Å². The zero-order chi connectivity index (χ0) is 13.7. The summed E-state index contributed by atoms with van der Waals surface area (Å²) in [7, 11) is 0. The molecular weight excluding hydrogens is 262 g/mol. The summed E-state index contributed by atoms with van der Waals surface area (Å²) in [6.45, 7) is 5.98. The molecule has 104 valence electrons. The van der Waals surface area contributed by atoms with Crippen LogP contribution in [0.1, 0.15) is 35.3 Å². The monoisotopic (exact) mass is 281 g/mol. The molecule has 0 saturated carbocycles. The summed E-state index contributed by atoms with van der Waals surface area (Å²) < 4.78 is 0. The van der Waals surface area contributed by atoms with Gasteiger partial charge in [0.15, 0.2) is 0 Å². The van der Waals surface area contributed by atoms with Crippen molar-refractivity contribution in [3.63, 3.8) is 0 Å². The van der Waals surface area contributed by atoms with Crippen LogP contribution in [0, 0.1) is 6.92 Å². The van der Waals surface area contributed by atoms with E-state index in [1.807, 2.05) is 6.92 Å². The predicted molar refractivity (Wildman–Crippen MR) is 76.6 cm³/mol. The molecular formula is C14H20ClN3O. The van der Waals surface area contributed by atoms with Gasteiger partial charge in [-0.3, -0.25) is 9.78 Å². The Bertz CT molecular complexity index is 444. The van der Waals surface area contributed by atoms with Gasteiger partial charge in [0.1, 0.15) is 0 Å². The fourth-order valence-corrected chi connectivity index (χ4v) is 2.59. The number of rotatable bonds is 5. The SMILES string of the molecule is Cc1cc(Cl)c(C(=O)NCCCN2CCCC2)cn1. The fourth-order valence-electron chi connectivity index (χ4n) is 2.30. The van der Waals surface area contributed by atoms with Gasteiger partial charge in [-0.05, 0) is 51.9 Å². The third kappa shape index (κ3) is 4.18. The average molecular weight is 282 g/mol. The summed E-state index contributed by atoms with van der Waals surface area (Å²) in [5.41, 5.74) is 1.27. The van der Waals surface area contributed by atoms with Gasteiger partial charge in [0.05, 0.1) is 10.6 Å². The number of halogens is 1. The molecule has 1 N–H and O–H groups in total. The third-order valence-electron chi connectivity index (χ3n) is 3.37. The number of amides is 1. The Hall–Kier alpha value is -1.13. The number of hydrogen-bond acceptors (Lipinski definition) is 3. The smallest absolute Gasteiger partial charge is 0.254 e. The number of aryl methyl sites for hydroxylation is 1. The van der Waals surface area contributed by atoms with E-state index in [9.17, 15) is 4.79 Å². The second kappa shape index (κ2) is 6.87. The number of carbonyl (C=O) groups excluding carboxylic acids is 1. The molecule has 0 aromatic carbocycles. The number of nitrogens with zero attached hydrogens (tertiary/aromatic N) is 2. The number of likely N-dealkylation sites (tertiary alicyclic amines) is 1. The summed E-state index contributed by atoms with van der Waals surface area (Å²) in [6.07, 6.45) is 5.12. The third-order valence-corrected chi connectivity index (χ3v) is 3.68. The van der Waals surface area contributed by atoms with Crippen LogP contribution in [0.15, 0.2) is 12.3 Å². The minimum atomic E-state index is -0.140. The van der Waals surface area contributed by atoms with Gasteiger partial charge in [0.25, 0.3) is 5.91 Å². The standard InChI is InChI=1S/C14H20ClN3O/c1-11-9-13(15)12(10-17-11)14(19)16-5-4-8-18-6-2-3-7-18/h9-10H,2-8H2,1H3,(H,16,19). The van der Waals surface area contributed by atoms with E-state index in [1.165, 1.54) is 32.1 Å². The van der Waals surface area contributed by atoms with Crippen molar-refractivity contribution in [2.24, 2.45) is 0 Å². The molecule has 0 aliphatic carbocycles. The molecule has 1 saturated heterocycles. The van der Waals surface area contributed by atoms with Crippen LogP contribution < -0.4 is 5.32 Å². The lowest BCUT2D eigenvalue weighted by Gasteiger charge is -2.14. The highest BCUT2D eigenvalue weighted by molar-refractivity contribution is 6.33. The predicted octanol–water partition coefficient (Wildman–Crippen LogP) is 2.26. The lowest BCUT2D eigenvalue weighted by atomic mass is 10.2. The molecule has 0 atom stereocenters. The first-order valence-electron chi connectivity index (χ1n) is 6.79. The van der Waals surface area contributed by atoms with Crippen molar-refractivity contribution in [3.8, 4) is 0 Å². The van der Waals surface area contributed by atoms with E-state index in [0.717, 1.165) is 18.7 Å². The Balaban J connectivity index is 1.74. The van der Waals surface area contributed by atoms with E-state index >= 15 is 0 Å². The van der Waals surface area contributed by atoms with Crippen molar-refractivity contribution in [1.82, 2.24) is 15.2 Å². The highest BCUT2D eigenvalue weighted by Crippen LogP contribution is 2.15. The van der Waals surface area contributed by atoms with Crippen molar-refractivity contribution in [1.29, 1.82) is 0 Å². The molecule has 19 heavy (non-hydrogen) atoms. The van der Waals surface area contributed by atoms with Gasteiger partial charge in [-0.1, -0.05) is 11.6 Å². The van der Waals surface area contributed by atoms with Crippen LogP contribution >= 0.6 is 11.6 Å². The van der Waals surface area contributed by atoms with Gasteiger partial charge in [-0.15, -0.1) is 0 Å². The molecule has 4 nitrogen and oxygen atoms in total. The van der Waals surface area contributed by atoms with Crippen molar-refractivity contribution < 1.29 is 4.79 Å². The summed E-state index contributed by atoms with van der Waals surface area (Å²) in [6, 6.07) is 1.71. The molecule has 2 heterocycles. The Morgan fingerprint density at radius 3 is 2.89 bits per heavy atom. The summed E-state index contributed by atoms with van der Waals surface area (Å²) in [5, 5.41) is 3.36. The molecule has 2 rings (SSSR count). The lowest BCUT2D eigenvalue weighted by molar-refractivity contribution is 0.0952. The molecule has 0 unspecified atom stereocenters. The van der Waals surface area contributed by atoms with Crippen LogP contribution in [0.4, 0.5) is 0 Å². The Morgan fingerprint density at radius 1 is 1.47 bits per heavy atom. The first-order chi connectivity index (χ1) is 9.16. The first-order valence-corrected chi connectivity index (χ1v) is 7.17. The van der Waals surface area contributed by atoms with Crippen LogP contribution in [-0.4, -0.2) is 42.0 Å². The molecule has 0 spiro atoms. The molecule has 1 aliphatic rings. The van der Waals surface area contributed by atoms with Crippen molar-refractivity contribution >= 4 is 17.5 Å². The molecule has 1 aromatic rings. The van der Waals surface area contributed by atoms with Gasteiger partial charge < -0.3 is 10.2 Å². The minimum absolute atomic E-state index is 0.140. The molecule has 0 bridgehead atoms. The van der Waals surface area contributed by atoms with Crippen LogP contribution in [0.25, 0.3) is 0 Å². The molecule has 5 heteroatoms. The van der Waals surface area contributed by atoms with Crippen molar-refractivity contribution in [3.05, 3.63) is 28.5 Å². The quantitative estimate of drug-likeness (QED) is 0.842. The van der Waals surface area contributed by atoms with E-state index in [-0.39, 0.29) is 5.91 Å². The van der Waals surface area contributed by atoms with E-state index in [0.29, 0.717) is 17.1 Å². The number of aromatic nitrogens is 1. The maximum atomic E-state index is 11.9. The lowest BCUT2D eigenvalue weighted by Crippen LogP contribution is -2.28. The average Bonchev–Trinajstić information content (AvgIpc) is 2.87. The van der Waals surface area contributed by atoms with Crippen LogP contribution in [-0.2, 0) is 0 Å². The largest absolute Gasteiger partial charge is 0.352 e. The van der Waals surface area contributed by atoms with E-state index in [4.69, 9.17) is 11.6 Å². The van der Waals surface area contributed by atoms with E-state index in [1.54, 1.807) is 6.07 Å². The van der Waals surface area contributed by atoms with Crippen molar-refractivity contribution in [2.45, 2.75) is 26.2 Å². The van der Waals surface area contributed by atoms with Gasteiger partial charge in [-0.2, -0.15) is 0 Å². The Kier molecular flexibility index (Phi) is 5.16. The van der Waals surface area contributed by atoms with Crippen LogP contribution in [0.3, 0.4) is 0 Å². The van der Waals surface area contributed by atoms with Gasteiger partial charge in [0.2, 0.25) is 0 Å². The number of carbonyl (C=O) groups is 1. The normalized spacial score (nSPS) is 15.7. The molecule has 1 aromatic heterocycles. The highest BCUT2D eigenvalue weighted by atomic mass is 35.5. The molecule has 1 aliphatic heterocycles. The number of hydrogen-bond donors (Lipinski definition) is 1. The fraction of sp³-hybridized carbons (Fsp3) is 0.571.